The van der Waals surface area contributed by atoms with Crippen molar-refractivity contribution < 1.29 is 13.2 Å². The van der Waals surface area contributed by atoms with Crippen molar-refractivity contribution in [2.75, 3.05) is 16.6 Å². The predicted octanol–water partition coefficient (Wildman–Crippen LogP) is 2.80. The number of amides is 1. The molecule has 0 bridgehead atoms. The lowest BCUT2D eigenvalue weighted by Gasteiger charge is -2.29. The molecule has 10 heteroatoms. The highest BCUT2D eigenvalue weighted by Crippen LogP contribution is 2.31. The zero-order valence-electron chi connectivity index (χ0n) is 15.7. The number of anilines is 1. The van der Waals surface area contributed by atoms with Crippen LogP contribution in [0.1, 0.15) is 42.0 Å². The molecule has 1 saturated heterocycles. The van der Waals surface area contributed by atoms with Gasteiger partial charge in [0.2, 0.25) is 10.0 Å². The summed E-state index contributed by atoms with van der Waals surface area (Å²) in [4.78, 5) is 12.8. The van der Waals surface area contributed by atoms with E-state index in [0.717, 1.165) is 6.42 Å². The van der Waals surface area contributed by atoms with Gasteiger partial charge in [-0.3, -0.25) is 13.5 Å². The second kappa shape index (κ2) is 7.64. The van der Waals surface area contributed by atoms with Gasteiger partial charge in [0.1, 0.15) is 0 Å². The maximum Gasteiger partial charge on any atom is 0.251 e. The van der Waals surface area contributed by atoms with Crippen LogP contribution in [0.15, 0.2) is 42.6 Å². The van der Waals surface area contributed by atoms with E-state index in [1.165, 1.54) is 10.4 Å². The summed E-state index contributed by atoms with van der Waals surface area (Å²) >= 11 is 6.25. The molecule has 0 unspecified atom stereocenters. The van der Waals surface area contributed by atoms with Gasteiger partial charge in [-0.25, -0.2) is 8.42 Å². The molecule has 152 valence electrons. The summed E-state index contributed by atoms with van der Waals surface area (Å²) < 4.78 is 27.9. The van der Waals surface area contributed by atoms with Crippen molar-refractivity contribution in [3.8, 4) is 0 Å². The number of hydrogen-bond donors (Lipinski definition) is 1. The Balaban J connectivity index is 1.59. The maximum atomic E-state index is 12.8. The minimum absolute atomic E-state index is 0.0801. The molecule has 3 heterocycles. The fourth-order valence-corrected chi connectivity index (χ4v) is 5.32. The summed E-state index contributed by atoms with van der Waals surface area (Å²) in [5.74, 6) is 0.329. The zero-order valence-corrected chi connectivity index (χ0v) is 17.3. The highest BCUT2D eigenvalue weighted by atomic mass is 35.5. The largest absolute Gasteiger partial charge is 0.342 e. The normalized spacial score (nSPS) is 17.2. The molecule has 1 aliphatic heterocycles. The Bertz CT molecular complexity index is 1180. The van der Waals surface area contributed by atoms with Gasteiger partial charge < -0.3 is 5.32 Å². The van der Waals surface area contributed by atoms with Gasteiger partial charge >= 0.3 is 0 Å². The molecule has 8 nitrogen and oxygen atoms in total. The molecule has 1 atom stereocenters. The number of sulfonamides is 1. The number of carbonyl (C=O) groups is 1. The number of aromatic nitrogens is 3. The lowest BCUT2D eigenvalue weighted by atomic mass is 10.1. The predicted molar refractivity (Wildman–Crippen MR) is 111 cm³/mol. The molecule has 3 aromatic rings. The van der Waals surface area contributed by atoms with Crippen molar-refractivity contribution in [1.29, 1.82) is 0 Å². The standard InChI is InChI=1S/C19H20ClN5O3S/c1-13(18-23-22-17-6-2-3-9-24(17)18)21-19(26)14-7-8-15(20)16(12-14)25-10-4-5-11-29(25,27)28/h2-3,6-9,12-13H,4-5,10-11H2,1H3,(H,21,26)/t13-/m0/s1. The van der Waals surface area contributed by atoms with Gasteiger partial charge in [0.25, 0.3) is 5.91 Å². The molecule has 0 spiro atoms. The molecule has 1 N–H and O–H groups in total. The van der Waals surface area contributed by atoms with Crippen LogP contribution in [0, 0.1) is 0 Å². The van der Waals surface area contributed by atoms with Crippen LogP contribution in [-0.4, -0.2) is 41.2 Å². The Hall–Kier alpha value is -2.65. The first-order valence-electron chi connectivity index (χ1n) is 9.27. The van der Waals surface area contributed by atoms with E-state index >= 15 is 0 Å². The quantitative estimate of drug-likeness (QED) is 0.682. The van der Waals surface area contributed by atoms with E-state index in [9.17, 15) is 13.2 Å². The third-order valence-corrected chi connectivity index (χ3v) is 7.08. The van der Waals surface area contributed by atoms with Crippen LogP contribution in [-0.2, 0) is 10.0 Å². The second-order valence-electron chi connectivity index (χ2n) is 6.94. The first-order chi connectivity index (χ1) is 13.9. The van der Waals surface area contributed by atoms with Gasteiger partial charge in [0.15, 0.2) is 11.5 Å². The Kier molecular flexibility index (Phi) is 5.18. The van der Waals surface area contributed by atoms with Crippen molar-refractivity contribution in [3.05, 3.63) is 59.0 Å². The van der Waals surface area contributed by atoms with Crippen LogP contribution in [0.3, 0.4) is 0 Å². The SMILES string of the molecule is C[C@H](NC(=O)c1ccc(Cl)c(N2CCCCS2(=O)=O)c1)c1nnc2ccccn12. The van der Waals surface area contributed by atoms with Crippen LogP contribution in [0.5, 0.6) is 0 Å². The Labute approximate surface area is 173 Å². The Morgan fingerprint density at radius 3 is 2.83 bits per heavy atom. The highest BCUT2D eigenvalue weighted by molar-refractivity contribution is 7.92. The number of pyridine rings is 1. The first-order valence-corrected chi connectivity index (χ1v) is 11.3. The van der Waals surface area contributed by atoms with Crippen molar-refractivity contribution >= 4 is 38.9 Å². The van der Waals surface area contributed by atoms with E-state index in [1.807, 2.05) is 31.3 Å². The molecule has 1 aromatic carbocycles. The van der Waals surface area contributed by atoms with Crippen LogP contribution in [0.25, 0.3) is 5.65 Å². The van der Waals surface area contributed by atoms with Crippen molar-refractivity contribution in [2.45, 2.75) is 25.8 Å². The number of nitrogens with one attached hydrogen (secondary N) is 1. The van der Waals surface area contributed by atoms with Crippen LogP contribution < -0.4 is 9.62 Å². The van der Waals surface area contributed by atoms with Gasteiger partial charge in [-0.05, 0) is 50.1 Å². The molecule has 0 saturated carbocycles. The molecule has 0 radical (unpaired) electrons. The fourth-order valence-electron chi connectivity index (χ4n) is 3.40. The van der Waals surface area contributed by atoms with E-state index in [-0.39, 0.29) is 11.7 Å². The first kappa shape index (κ1) is 19.7. The number of carbonyl (C=O) groups excluding carboxylic acids is 1. The fraction of sp³-hybridized carbons (Fsp3) is 0.316. The summed E-state index contributed by atoms with van der Waals surface area (Å²) in [6.45, 7) is 2.17. The summed E-state index contributed by atoms with van der Waals surface area (Å²) in [7, 11) is -3.43. The number of nitrogens with zero attached hydrogens (tertiary/aromatic N) is 4. The second-order valence-corrected chi connectivity index (χ2v) is 9.36. The van der Waals surface area contributed by atoms with Crippen LogP contribution in [0.2, 0.25) is 5.02 Å². The Morgan fingerprint density at radius 2 is 2.03 bits per heavy atom. The smallest absolute Gasteiger partial charge is 0.251 e. The van der Waals surface area contributed by atoms with Gasteiger partial charge in [-0.15, -0.1) is 10.2 Å². The summed E-state index contributed by atoms with van der Waals surface area (Å²) in [5, 5.41) is 11.4. The van der Waals surface area contributed by atoms with E-state index in [1.54, 1.807) is 16.5 Å². The minimum Gasteiger partial charge on any atom is -0.342 e. The molecule has 2 aromatic heterocycles. The average Bonchev–Trinajstić information content (AvgIpc) is 3.12. The summed E-state index contributed by atoms with van der Waals surface area (Å²) in [6, 6.07) is 9.79. The maximum absolute atomic E-state index is 12.8. The zero-order chi connectivity index (χ0) is 20.6. The van der Waals surface area contributed by atoms with Crippen LogP contribution in [0.4, 0.5) is 5.69 Å². The number of fused-ring (bicyclic) bond motifs is 1. The van der Waals surface area contributed by atoms with E-state index < -0.39 is 16.1 Å². The lowest BCUT2D eigenvalue weighted by Crippen LogP contribution is -2.38. The van der Waals surface area contributed by atoms with Gasteiger partial charge in [0, 0.05) is 18.3 Å². The van der Waals surface area contributed by atoms with Crippen LogP contribution >= 0.6 is 11.6 Å². The van der Waals surface area contributed by atoms with E-state index in [0.29, 0.717) is 40.7 Å². The van der Waals surface area contributed by atoms with Crippen molar-refractivity contribution in [3.63, 3.8) is 0 Å². The topological polar surface area (TPSA) is 96.7 Å². The number of benzene rings is 1. The van der Waals surface area contributed by atoms with Gasteiger partial charge in [-0.1, -0.05) is 17.7 Å². The van der Waals surface area contributed by atoms with E-state index in [2.05, 4.69) is 15.5 Å². The van der Waals surface area contributed by atoms with Gasteiger partial charge in [-0.2, -0.15) is 0 Å². The van der Waals surface area contributed by atoms with Crippen molar-refractivity contribution in [1.82, 2.24) is 19.9 Å². The third-order valence-electron chi connectivity index (χ3n) is 4.90. The molecular weight excluding hydrogens is 414 g/mol. The lowest BCUT2D eigenvalue weighted by molar-refractivity contribution is 0.0938. The van der Waals surface area contributed by atoms with Gasteiger partial charge in [0.05, 0.1) is 22.5 Å². The highest BCUT2D eigenvalue weighted by Gasteiger charge is 2.28. The molecule has 0 aliphatic carbocycles. The molecule has 1 aliphatic rings. The number of rotatable bonds is 4. The molecule has 1 amide bonds. The average molecular weight is 434 g/mol. The van der Waals surface area contributed by atoms with Crippen molar-refractivity contribution in [2.24, 2.45) is 0 Å². The molecular formula is C19H20ClN5O3S. The Morgan fingerprint density at radius 1 is 1.21 bits per heavy atom. The van der Waals surface area contributed by atoms with E-state index in [4.69, 9.17) is 11.6 Å². The molecule has 29 heavy (non-hydrogen) atoms. The third kappa shape index (κ3) is 3.79. The summed E-state index contributed by atoms with van der Waals surface area (Å²) in [6.07, 6.45) is 3.21. The molecule has 1 fully saturated rings. The minimum atomic E-state index is -3.43. The number of halogens is 1. The number of hydrogen-bond acceptors (Lipinski definition) is 5. The molecule has 4 rings (SSSR count). The summed E-state index contributed by atoms with van der Waals surface area (Å²) in [5.41, 5.74) is 1.35. The monoisotopic (exact) mass is 433 g/mol.